The Morgan fingerprint density at radius 3 is 2.45 bits per heavy atom. The molecule has 0 N–H and O–H groups in total. The standard InChI is InChI=1S/C24H25ClFN3O4/c1-33-24(32)21-12-16-4-2-3-5-17(16)14-29(21)22(30)15-27-8-10-28(11-9-27)23(31)19-13-18(25)6-7-20(19)26/h2-7,13,21H,8-12,14-15H2,1H3. The Balaban J connectivity index is 1.38. The first-order valence-electron chi connectivity index (χ1n) is 10.8. The van der Waals surface area contributed by atoms with Crippen LogP contribution >= 0.6 is 11.6 Å². The summed E-state index contributed by atoms with van der Waals surface area (Å²) in [5, 5.41) is 0.298. The Labute approximate surface area is 196 Å². The highest BCUT2D eigenvalue weighted by atomic mass is 35.5. The number of halogens is 2. The van der Waals surface area contributed by atoms with Gasteiger partial charge in [0.2, 0.25) is 5.91 Å². The molecule has 0 spiro atoms. The fraction of sp³-hybridized carbons (Fsp3) is 0.375. The van der Waals surface area contributed by atoms with Crippen LogP contribution in [0.4, 0.5) is 4.39 Å². The van der Waals surface area contributed by atoms with Gasteiger partial charge in [-0.2, -0.15) is 0 Å². The molecule has 2 amide bonds. The number of nitrogens with zero attached hydrogens (tertiary/aromatic N) is 3. The molecule has 1 fully saturated rings. The van der Waals surface area contributed by atoms with E-state index >= 15 is 0 Å². The van der Waals surface area contributed by atoms with E-state index in [0.717, 1.165) is 11.1 Å². The molecule has 2 aliphatic heterocycles. The van der Waals surface area contributed by atoms with Crippen LogP contribution in [0.2, 0.25) is 5.02 Å². The predicted molar refractivity (Wildman–Crippen MR) is 120 cm³/mol. The second-order valence-electron chi connectivity index (χ2n) is 8.23. The SMILES string of the molecule is COC(=O)C1Cc2ccccc2CN1C(=O)CN1CCN(C(=O)c2cc(Cl)ccc2F)CC1. The van der Waals surface area contributed by atoms with Gasteiger partial charge >= 0.3 is 5.97 Å². The zero-order chi connectivity index (χ0) is 23.5. The van der Waals surface area contributed by atoms with E-state index in [9.17, 15) is 18.8 Å². The van der Waals surface area contributed by atoms with Gasteiger partial charge in [0.25, 0.3) is 5.91 Å². The van der Waals surface area contributed by atoms with E-state index < -0.39 is 23.7 Å². The first kappa shape index (κ1) is 23.2. The van der Waals surface area contributed by atoms with E-state index in [0.29, 0.717) is 44.2 Å². The normalized spacial score (nSPS) is 18.6. The summed E-state index contributed by atoms with van der Waals surface area (Å²) in [6.07, 6.45) is 0.419. The van der Waals surface area contributed by atoms with Crippen molar-refractivity contribution >= 4 is 29.4 Å². The summed E-state index contributed by atoms with van der Waals surface area (Å²) in [7, 11) is 1.32. The van der Waals surface area contributed by atoms with Gasteiger partial charge in [-0.3, -0.25) is 14.5 Å². The summed E-state index contributed by atoms with van der Waals surface area (Å²) in [6, 6.07) is 11.0. The van der Waals surface area contributed by atoms with Gasteiger partial charge in [-0.15, -0.1) is 0 Å². The number of amides is 2. The first-order valence-corrected chi connectivity index (χ1v) is 11.2. The number of benzene rings is 2. The summed E-state index contributed by atoms with van der Waals surface area (Å²) in [5.41, 5.74) is 2.00. The largest absolute Gasteiger partial charge is 0.467 e. The van der Waals surface area contributed by atoms with Crippen molar-refractivity contribution in [3.8, 4) is 0 Å². The minimum absolute atomic E-state index is 0.0556. The number of esters is 1. The summed E-state index contributed by atoms with van der Waals surface area (Å²) < 4.78 is 19.0. The third-order valence-electron chi connectivity index (χ3n) is 6.22. The Morgan fingerprint density at radius 2 is 1.76 bits per heavy atom. The molecule has 2 heterocycles. The lowest BCUT2D eigenvalue weighted by molar-refractivity contribution is -0.154. The molecular weight excluding hydrogens is 449 g/mol. The number of carbonyl (C=O) groups is 3. The molecule has 174 valence electrons. The highest BCUT2D eigenvalue weighted by Gasteiger charge is 2.36. The van der Waals surface area contributed by atoms with Crippen LogP contribution in [0.1, 0.15) is 21.5 Å². The molecule has 1 atom stereocenters. The number of methoxy groups -OCH3 is 1. The first-order chi connectivity index (χ1) is 15.9. The van der Waals surface area contributed by atoms with E-state index in [1.165, 1.54) is 25.3 Å². The lowest BCUT2D eigenvalue weighted by Crippen LogP contribution is -2.55. The van der Waals surface area contributed by atoms with Crippen LogP contribution in [-0.2, 0) is 27.3 Å². The van der Waals surface area contributed by atoms with Crippen LogP contribution in [0.25, 0.3) is 0 Å². The number of rotatable bonds is 4. The third kappa shape index (κ3) is 5.02. The third-order valence-corrected chi connectivity index (χ3v) is 6.45. The maximum absolute atomic E-state index is 14.1. The van der Waals surface area contributed by atoms with Gasteiger partial charge in [0.15, 0.2) is 0 Å². The number of ether oxygens (including phenoxy) is 1. The van der Waals surface area contributed by atoms with Crippen molar-refractivity contribution in [2.75, 3.05) is 39.8 Å². The average Bonchev–Trinajstić information content (AvgIpc) is 2.84. The molecule has 1 unspecified atom stereocenters. The number of fused-ring (bicyclic) bond motifs is 1. The van der Waals surface area contributed by atoms with E-state index in [1.54, 1.807) is 9.80 Å². The molecule has 2 aliphatic rings. The van der Waals surface area contributed by atoms with E-state index in [-0.39, 0.29) is 18.0 Å². The average molecular weight is 474 g/mol. The van der Waals surface area contributed by atoms with Gasteiger partial charge in [0.05, 0.1) is 19.2 Å². The smallest absolute Gasteiger partial charge is 0.328 e. The number of hydrogen-bond donors (Lipinski definition) is 0. The van der Waals surface area contributed by atoms with Gasteiger partial charge in [0.1, 0.15) is 11.9 Å². The van der Waals surface area contributed by atoms with Crippen molar-refractivity contribution in [2.24, 2.45) is 0 Å². The van der Waals surface area contributed by atoms with Crippen molar-refractivity contribution in [1.82, 2.24) is 14.7 Å². The van der Waals surface area contributed by atoms with Crippen molar-refractivity contribution in [1.29, 1.82) is 0 Å². The molecule has 2 aromatic carbocycles. The van der Waals surface area contributed by atoms with E-state index in [1.807, 2.05) is 29.2 Å². The zero-order valence-electron chi connectivity index (χ0n) is 18.3. The summed E-state index contributed by atoms with van der Waals surface area (Å²) in [4.78, 5) is 43.3. The van der Waals surface area contributed by atoms with Gasteiger partial charge < -0.3 is 14.5 Å². The topological polar surface area (TPSA) is 70.2 Å². The van der Waals surface area contributed by atoms with Gasteiger partial charge in [0, 0.05) is 44.2 Å². The lowest BCUT2D eigenvalue weighted by atomic mass is 9.94. The van der Waals surface area contributed by atoms with Gasteiger partial charge in [-0.05, 0) is 29.3 Å². The fourth-order valence-corrected chi connectivity index (χ4v) is 4.53. The van der Waals surface area contributed by atoms with Crippen LogP contribution in [0.5, 0.6) is 0 Å². The number of carbonyl (C=O) groups excluding carboxylic acids is 3. The second-order valence-corrected chi connectivity index (χ2v) is 8.66. The Morgan fingerprint density at radius 1 is 1.06 bits per heavy atom. The summed E-state index contributed by atoms with van der Waals surface area (Å²) in [6.45, 7) is 2.13. The quantitative estimate of drug-likeness (QED) is 0.638. The molecule has 0 aromatic heterocycles. The number of hydrogen-bond acceptors (Lipinski definition) is 5. The molecule has 0 aliphatic carbocycles. The van der Waals surface area contributed by atoms with Crippen LogP contribution in [0, 0.1) is 5.82 Å². The molecule has 0 saturated carbocycles. The van der Waals surface area contributed by atoms with Crippen LogP contribution in [-0.4, -0.2) is 78.4 Å². The Hall–Kier alpha value is -2.97. The maximum Gasteiger partial charge on any atom is 0.328 e. The van der Waals surface area contributed by atoms with E-state index in [2.05, 4.69) is 0 Å². The lowest BCUT2D eigenvalue weighted by Gasteiger charge is -2.38. The fourth-order valence-electron chi connectivity index (χ4n) is 4.35. The Kier molecular flexibility index (Phi) is 6.95. The Bertz CT molecular complexity index is 1070. The summed E-state index contributed by atoms with van der Waals surface area (Å²) >= 11 is 5.91. The molecule has 0 radical (unpaired) electrons. The predicted octanol–water partition coefficient (Wildman–Crippen LogP) is 2.36. The summed E-state index contributed by atoms with van der Waals surface area (Å²) in [5.74, 6) is -1.63. The van der Waals surface area contributed by atoms with Gasteiger partial charge in [-0.25, -0.2) is 9.18 Å². The molecular formula is C24H25ClFN3O4. The molecule has 7 nitrogen and oxygen atoms in total. The van der Waals surface area contributed by atoms with Crippen molar-refractivity contribution in [2.45, 2.75) is 19.0 Å². The second kappa shape index (κ2) is 9.89. The van der Waals surface area contributed by atoms with Crippen molar-refractivity contribution in [3.05, 3.63) is 70.0 Å². The molecule has 1 saturated heterocycles. The molecule has 4 rings (SSSR count). The molecule has 0 bridgehead atoms. The molecule has 33 heavy (non-hydrogen) atoms. The van der Waals surface area contributed by atoms with Gasteiger partial charge in [-0.1, -0.05) is 35.9 Å². The highest BCUT2D eigenvalue weighted by Crippen LogP contribution is 2.25. The van der Waals surface area contributed by atoms with Crippen molar-refractivity contribution < 1.29 is 23.5 Å². The van der Waals surface area contributed by atoms with Crippen LogP contribution in [0.3, 0.4) is 0 Å². The highest BCUT2D eigenvalue weighted by molar-refractivity contribution is 6.31. The van der Waals surface area contributed by atoms with E-state index in [4.69, 9.17) is 16.3 Å². The monoisotopic (exact) mass is 473 g/mol. The van der Waals surface area contributed by atoms with Crippen molar-refractivity contribution in [3.63, 3.8) is 0 Å². The maximum atomic E-state index is 14.1. The number of piperazine rings is 1. The zero-order valence-corrected chi connectivity index (χ0v) is 19.1. The minimum atomic E-state index is -0.661. The van der Waals surface area contributed by atoms with Crippen LogP contribution in [0.15, 0.2) is 42.5 Å². The minimum Gasteiger partial charge on any atom is -0.467 e. The molecule has 9 heteroatoms. The van der Waals surface area contributed by atoms with Crippen LogP contribution < -0.4 is 0 Å². The molecule has 2 aromatic rings.